The molecule has 2 aromatic carbocycles. The van der Waals surface area contributed by atoms with Gasteiger partial charge in [0.2, 0.25) is 0 Å². The molecule has 0 saturated carbocycles. The number of hydrogen-bond acceptors (Lipinski definition) is 3. The molecular weight excluding hydrogens is 300 g/mol. The number of allylic oxidation sites excluding steroid dienone is 1. The second kappa shape index (κ2) is 8.48. The minimum absolute atomic E-state index is 0.170. The Kier molecular flexibility index (Phi) is 6.08. The van der Waals surface area contributed by atoms with Crippen molar-refractivity contribution in [3.8, 4) is 11.1 Å². The van der Waals surface area contributed by atoms with Crippen LogP contribution in [0.15, 0.2) is 83.1 Å². The van der Waals surface area contributed by atoms with E-state index in [0.717, 1.165) is 11.1 Å². The van der Waals surface area contributed by atoms with Gasteiger partial charge in [0.15, 0.2) is 0 Å². The largest absolute Gasteiger partial charge is 0.478 e. The molecule has 122 valence electrons. The molecule has 0 atom stereocenters. The van der Waals surface area contributed by atoms with Crippen LogP contribution >= 0.6 is 0 Å². The highest BCUT2D eigenvalue weighted by Gasteiger charge is 2.08. The maximum absolute atomic E-state index is 11.2. The summed E-state index contributed by atoms with van der Waals surface area (Å²) in [4.78, 5) is 14.8. The smallest absolute Gasteiger partial charge is 0.337 e. The van der Waals surface area contributed by atoms with Gasteiger partial charge in [-0.05, 0) is 36.4 Å². The van der Waals surface area contributed by atoms with E-state index in [1.807, 2.05) is 30.3 Å². The number of carboxylic acids is 1. The highest BCUT2D eigenvalue weighted by atomic mass is 16.4. The second-order valence-electron chi connectivity index (χ2n) is 5.26. The fourth-order valence-electron chi connectivity index (χ4n) is 2.26. The molecule has 0 bridgehead atoms. The Labute approximate surface area is 141 Å². The van der Waals surface area contributed by atoms with Crippen LogP contribution in [-0.4, -0.2) is 17.8 Å². The van der Waals surface area contributed by atoms with Crippen LogP contribution in [-0.2, 0) is 11.3 Å². The van der Waals surface area contributed by atoms with Crippen LogP contribution < -0.4 is 5.32 Å². The molecule has 0 spiro atoms. The molecule has 4 nitrogen and oxygen atoms in total. The van der Waals surface area contributed by atoms with Crippen molar-refractivity contribution in [2.75, 3.05) is 0 Å². The van der Waals surface area contributed by atoms with Gasteiger partial charge in [-0.3, -0.25) is 4.99 Å². The van der Waals surface area contributed by atoms with Gasteiger partial charge in [-0.1, -0.05) is 54.6 Å². The quantitative estimate of drug-likeness (QED) is 0.460. The molecule has 0 aromatic heterocycles. The highest BCUT2D eigenvalue weighted by molar-refractivity contribution is 5.90. The van der Waals surface area contributed by atoms with E-state index in [-0.39, 0.29) is 5.57 Å². The molecule has 2 N–H and O–H groups in total. The first kappa shape index (κ1) is 17.2. The number of nitrogens with zero attached hydrogens (tertiary/aromatic N) is 1. The van der Waals surface area contributed by atoms with Crippen molar-refractivity contribution in [3.63, 3.8) is 0 Å². The normalized spacial score (nSPS) is 11.9. The Morgan fingerprint density at radius 2 is 1.75 bits per heavy atom. The number of carbonyl (C=O) groups is 1. The lowest BCUT2D eigenvalue weighted by Crippen LogP contribution is -2.15. The molecule has 4 heteroatoms. The molecule has 0 heterocycles. The third kappa shape index (κ3) is 4.68. The third-order valence-electron chi connectivity index (χ3n) is 3.60. The molecule has 0 radical (unpaired) electrons. The lowest BCUT2D eigenvalue weighted by atomic mass is 10.0. The van der Waals surface area contributed by atoms with E-state index in [4.69, 9.17) is 0 Å². The number of hydrogen-bond donors (Lipinski definition) is 2. The SMILES string of the molecule is C=N/C=C\C(C(=O)O)=C(/C)NCc1ccc(-c2ccccc2)cc1. The summed E-state index contributed by atoms with van der Waals surface area (Å²) in [5.41, 5.74) is 4.14. The van der Waals surface area contributed by atoms with Gasteiger partial charge >= 0.3 is 5.97 Å². The Morgan fingerprint density at radius 1 is 1.12 bits per heavy atom. The summed E-state index contributed by atoms with van der Waals surface area (Å²) in [6.45, 7) is 5.59. The molecule has 0 aliphatic carbocycles. The first-order valence-corrected chi connectivity index (χ1v) is 7.56. The minimum atomic E-state index is -1.00. The fraction of sp³-hybridized carbons (Fsp3) is 0.100. The Morgan fingerprint density at radius 3 is 2.33 bits per heavy atom. The van der Waals surface area contributed by atoms with Crippen molar-refractivity contribution in [2.45, 2.75) is 13.5 Å². The summed E-state index contributed by atoms with van der Waals surface area (Å²) in [5.74, 6) is -1.00. The summed E-state index contributed by atoms with van der Waals surface area (Å²) in [6.07, 6.45) is 2.79. The zero-order chi connectivity index (χ0) is 17.4. The zero-order valence-corrected chi connectivity index (χ0v) is 13.6. The summed E-state index contributed by atoms with van der Waals surface area (Å²) >= 11 is 0. The third-order valence-corrected chi connectivity index (χ3v) is 3.60. The number of benzene rings is 2. The van der Waals surface area contributed by atoms with Crippen molar-refractivity contribution < 1.29 is 9.90 Å². The summed E-state index contributed by atoms with van der Waals surface area (Å²) in [7, 11) is 0. The van der Waals surface area contributed by atoms with Gasteiger partial charge in [-0.15, -0.1) is 0 Å². The van der Waals surface area contributed by atoms with E-state index in [9.17, 15) is 9.90 Å². The van der Waals surface area contributed by atoms with Gasteiger partial charge in [0.05, 0.1) is 5.57 Å². The van der Waals surface area contributed by atoms with Crippen LogP contribution in [0, 0.1) is 0 Å². The van der Waals surface area contributed by atoms with E-state index in [2.05, 4.69) is 41.3 Å². The lowest BCUT2D eigenvalue weighted by Gasteiger charge is -2.10. The van der Waals surface area contributed by atoms with Crippen LogP contribution in [0.1, 0.15) is 12.5 Å². The number of aliphatic imine (C=N–C) groups is 1. The predicted molar refractivity (Wildman–Crippen MR) is 97.7 cm³/mol. The van der Waals surface area contributed by atoms with Gasteiger partial charge in [-0.25, -0.2) is 4.79 Å². The van der Waals surface area contributed by atoms with E-state index in [1.54, 1.807) is 6.92 Å². The van der Waals surface area contributed by atoms with Gasteiger partial charge in [0, 0.05) is 18.4 Å². The molecule has 24 heavy (non-hydrogen) atoms. The van der Waals surface area contributed by atoms with E-state index >= 15 is 0 Å². The van der Waals surface area contributed by atoms with Crippen LogP contribution in [0.4, 0.5) is 0 Å². The van der Waals surface area contributed by atoms with Crippen LogP contribution in [0.25, 0.3) is 11.1 Å². The molecule has 0 saturated heterocycles. The zero-order valence-electron chi connectivity index (χ0n) is 13.6. The van der Waals surface area contributed by atoms with Crippen LogP contribution in [0.2, 0.25) is 0 Å². The molecular formula is C20H20N2O2. The van der Waals surface area contributed by atoms with Crippen molar-refractivity contribution in [2.24, 2.45) is 4.99 Å². The summed E-state index contributed by atoms with van der Waals surface area (Å²) < 4.78 is 0. The van der Waals surface area contributed by atoms with Crippen molar-refractivity contribution >= 4 is 12.7 Å². The Bertz CT molecular complexity index is 760. The van der Waals surface area contributed by atoms with Crippen molar-refractivity contribution in [1.82, 2.24) is 5.32 Å². The number of carboxylic acid groups (broad SMARTS) is 1. The fourth-order valence-corrected chi connectivity index (χ4v) is 2.26. The van der Waals surface area contributed by atoms with Gasteiger partial charge < -0.3 is 10.4 Å². The lowest BCUT2D eigenvalue weighted by molar-refractivity contribution is -0.132. The summed E-state index contributed by atoms with van der Waals surface area (Å²) in [6, 6.07) is 18.3. The molecule has 0 aliphatic rings. The first-order valence-electron chi connectivity index (χ1n) is 7.56. The van der Waals surface area contributed by atoms with Gasteiger partial charge in [0.1, 0.15) is 0 Å². The van der Waals surface area contributed by atoms with E-state index < -0.39 is 5.97 Å². The van der Waals surface area contributed by atoms with Gasteiger partial charge in [0.25, 0.3) is 0 Å². The first-order chi connectivity index (χ1) is 11.6. The molecule has 0 amide bonds. The van der Waals surface area contributed by atoms with E-state index in [1.165, 1.54) is 17.8 Å². The van der Waals surface area contributed by atoms with E-state index in [0.29, 0.717) is 12.2 Å². The number of rotatable bonds is 7. The Balaban J connectivity index is 2.07. The molecule has 0 fully saturated rings. The molecule has 0 aliphatic heterocycles. The maximum atomic E-state index is 11.2. The molecule has 2 aromatic rings. The summed E-state index contributed by atoms with van der Waals surface area (Å²) in [5, 5.41) is 12.4. The van der Waals surface area contributed by atoms with Crippen LogP contribution in [0.5, 0.6) is 0 Å². The Hall–Kier alpha value is -3.14. The predicted octanol–water partition coefficient (Wildman–Crippen LogP) is 4.02. The standard InChI is InChI=1S/C20H20N2O2/c1-15(19(20(23)24)12-13-21-2)22-14-16-8-10-18(11-9-16)17-6-4-3-5-7-17/h3-13,22H,2,14H2,1H3,(H,23,24)/b13-12-,19-15-. The maximum Gasteiger partial charge on any atom is 0.337 e. The second-order valence-corrected chi connectivity index (χ2v) is 5.26. The molecule has 0 unspecified atom stereocenters. The monoisotopic (exact) mass is 320 g/mol. The van der Waals surface area contributed by atoms with Crippen LogP contribution in [0.3, 0.4) is 0 Å². The average molecular weight is 320 g/mol. The molecule has 2 rings (SSSR count). The van der Waals surface area contributed by atoms with Crippen molar-refractivity contribution in [3.05, 3.63) is 83.7 Å². The minimum Gasteiger partial charge on any atom is -0.478 e. The average Bonchev–Trinajstić information content (AvgIpc) is 2.61. The highest BCUT2D eigenvalue weighted by Crippen LogP contribution is 2.19. The number of nitrogens with one attached hydrogen (secondary N) is 1. The topological polar surface area (TPSA) is 61.7 Å². The van der Waals surface area contributed by atoms with Gasteiger partial charge in [-0.2, -0.15) is 0 Å². The number of aliphatic carboxylic acids is 1. The van der Waals surface area contributed by atoms with Crippen molar-refractivity contribution in [1.29, 1.82) is 0 Å².